The maximum Gasteiger partial charge on any atom is 0.259 e. The van der Waals surface area contributed by atoms with Crippen molar-refractivity contribution in [3.8, 4) is 28.4 Å². The molecule has 0 radical (unpaired) electrons. The Balaban J connectivity index is 1.83. The predicted molar refractivity (Wildman–Crippen MR) is 133 cm³/mol. The number of hydrogen-bond donors (Lipinski definition) is 2. The fraction of sp³-hybridized carbons (Fsp3) is 0.120. The van der Waals surface area contributed by atoms with Gasteiger partial charge in [0.2, 0.25) is 10.0 Å². The Morgan fingerprint density at radius 1 is 1.00 bits per heavy atom. The highest BCUT2D eigenvalue weighted by molar-refractivity contribution is 7.89. The first kappa shape index (κ1) is 24.0. The van der Waals surface area contributed by atoms with E-state index in [9.17, 15) is 13.2 Å². The summed E-state index contributed by atoms with van der Waals surface area (Å²) in [7, 11) is -0.882. The van der Waals surface area contributed by atoms with Gasteiger partial charge in [0.25, 0.3) is 5.91 Å². The first-order chi connectivity index (χ1) is 16.7. The third-order valence-electron chi connectivity index (χ3n) is 5.39. The molecule has 1 aromatic heterocycles. The molecule has 0 aliphatic rings. The van der Waals surface area contributed by atoms with Gasteiger partial charge < -0.3 is 14.8 Å². The van der Waals surface area contributed by atoms with Gasteiger partial charge in [-0.1, -0.05) is 24.3 Å². The van der Waals surface area contributed by atoms with Crippen LogP contribution in [0.2, 0.25) is 0 Å². The summed E-state index contributed by atoms with van der Waals surface area (Å²) in [4.78, 5) is 13.4. The molecule has 0 saturated heterocycles. The second kappa shape index (κ2) is 9.61. The van der Waals surface area contributed by atoms with E-state index in [1.54, 1.807) is 55.2 Å². The Morgan fingerprint density at radius 2 is 1.74 bits per heavy atom. The van der Waals surface area contributed by atoms with Gasteiger partial charge in [-0.05, 0) is 55.0 Å². The molecule has 9 nitrogen and oxygen atoms in total. The number of ether oxygens (including phenoxy) is 2. The monoisotopic (exact) mass is 492 g/mol. The molecule has 0 unspecified atom stereocenters. The number of carbonyl (C=O) groups excluding carboxylic acids is 1. The summed E-state index contributed by atoms with van der Waals surface area (Å²) in [6.07, 6.45) is 1.60. The maximum absolute atomic E-state index is 13.4. The number of sulfonamides is 1. The van der Waals surface area contributed by atoms with Crippen LogP contribution in [0, 0.1) is 6.92 Å². The lowest BCUT2D eigenvalue weighted by atomic mass is 10.1. The number of nitrogens with zero attached hydrogens (tertiary/aromatic N) is 2. The van der Waals surface area contributed by atoms with Gasteiger partial charge in [-0.15, -0.1) is 0 Å². The number of aryl methyl sites for hydroxylation is 1. The minimum Gasteiger partial charge on any atom is -0.497 e. The fourth-order valence-electron chi connectivity index (χ4n) is 3.63. The van der Waals surface area contributed by atoms with E-state index < -0.39 is 15.9 Å². The van der Waals surface area contributed by atoms with Crippen LogP contribution in [-0.2, 0) is 10.0 Å². The molecular weight excluding hydrogens is 468 g/mol. The van der Waals surface area contributed by atoms with Crippen molar-refractivity contribution in [1.82, 2.24) is 9.78 Å². The van der Waals surface area contributed by atoms with Crippen molar-refractivity contribution in [3.05, 3.63) is 84.1 Å². The summed E-state index contributed by atoms with van der Waals surface area (Å²) in [6.45, 7) is 1.63. The van der Waals surface area contributed by atoms with Crippen molar-refractivity contribution < 1.29 is 22.7 Å². The normalized spacial score (nSPS) is 11.2. The Kier molecular flexibility index (Phi) is 6.59. The molecule has 1 heterocycles. The lowest BCUT2D eigenvalue weighted by molar-refractivity contribution is 0.102. The Bertz CT molecular complexity index is 1500. The van der Waals surface area contributed by atoms with Crippen LogP contribution in [-0.4, -0.2) is 38.3 Å². The van der Waals surface area contributed by atoms with Crippen LogP contribution >= 0.6 is 0 Å². The molecule has 3 aromatic carbocycles. The molecule has 0 saturated carbocycles. The third-order valence-corrected chi connectivity index (χ3v) is 6.45. The smallest absolute Gasteiger partial charge is 0.259 e. The van der Waals surface area contributed by atoms with Gasteiger partial charge in [-0.25, -0.2) is 18.2 Å². The van der Waals surface area contributed by atoms with E-state index in [-0.39, 0.29) is 16.1 Å². The minimum atomic E-state index is -3.95. The molecule has 4 aromatic rings. The number of nitrogens with one attached hydrogen (secondary N) is 1. The van der Waals surface area contributed by atoms with Crippen LogP contribution in [0.4, 0.5) is 5.69 Å². The summed E-state index contributed by atoms with van der Waals surface area (Å²) < 4.78 is 36.3. The topological polar surface area (TPSA) is 126 Å². The Labute approximate surface area is 203 Å². The van der Waals surface area contributed by atoms with E-state index in [0.717, 1.165) is 5.69 Å². The number of methoxy groups -OCH3 is 2. The molecule has 0 aliphatic carbocycles. The number of benzene rings is 3. The zero-order valence-electron chi connectivity index (χ0n) is 19.3. The number of primary sulfonamides is 1. The molecule has 0 fully saturated rings. The van der Waals surface area contributed by atoms with E-state index in [1.807, 2.05) is 30.3 Å². The van der Waals surface area contributed by atoms with E-state index >= 15 is 0 Å². The van der Waals surface area contributed by atoms with Crippen molar-refractivity contribution in [2.75, 3.05) is 19.5 Å². The van der Waals surface area contributed by atoms with Crippen molar-refractivity contribution >= 4 is 21.6 Å². The number of hydrogen-bond acceptors (Lipinski definition) is 6. The van der Waals surface area contributed by atoms with Crippen LogP contribution < -0.4 is 19.9 Å². The molecule has 10 heteroatoms. The summed E-state index contributed by atoms with van der Waals surface area (Å²) in [5.74, 6) is 0.582. The molecule has 180 valence electrons. The van der Waals surface area contributed by atoms with Crippen molar-refractivity contribution in [1.29, 1.82) is 0 Å². The van der Waals surface area contributed by atoms with E-state index in [2.05, 4.69) is 10.4 Å². The highest BCUT2D eigenvalue weighted by Gasteiger charge is 2.23. The molecule has 0 spiro atoms. The van der Waals surface area contributed by atoms with Crippen LogP contribution in [0.5, 0.6) is 11.5 Å². The van der Waals surface area contributed by atoms with Gasteiger partial charge >= 0.3 is 0 Å². The van der Waals surface area contributed by atoms with Gasteiger partial charge in [0.15, 0.2) is 0 Å². The highest BCUT2D eigenvalue weighted by Crippen LogP contribution is 2.35. The van der Waals surface area contributed by atoms with Crippen molar-refractivity contribution in [2.45, 2.75) is 11.8 Å². The number of nitrogens with two attached hydrogens (primary N) is 1. The van der Waals surface area contributed by atoms with Crippen LogP contribution in [0.25, 0.3) is 16.9 Å². The summed E-state index contributed by atoms with van der Waals surface area (Å²) in [6, 6.07) is 19.1. The molecule has 4 rings (SSSR count). The number of aromatic nitrogens is 2. The quantitative estimate of drug-likeness (QED) is 0.405. The molecule has 0 bridgehead atoms. The van der Waals surface area contributed by atoms with Gasteiger partial charge in [0, 0.05) is 17.4 Å². The van der Waals surface area contributed by atoms with Crippen molar-refractivity contribution in [3.63, 3.8) is 0 Å². The molecular formula is C25H24N4O5S. The number of carbonyl (C=O) groups is 1. The van der Waals surface area contributed by atoms with Gasteiger partial charge in [-0.2, -0.15) is 5.10 Å². The molecule has 0 aliphatic heterocycles. The zero-order valence-corrected chi connectivity index (χ0v) is 20.2. The average Bonchev–Trinajstić information content (AvgIpc) is 3.30. The average molecular weight is 493 g/mol. The lowest BCUT2D eigenvalue weighted by Gasteiger charge is -2.11. The number of para-hydroxylation sites is 1. The highest BCUT2D eigenvalue weighted by atomic mass is 32.2. The lowest BCUT2D eigenvalue weighted by Crippen LogP contribution is -2.16. The Hall–Kier alpha value is -4.15. The summed E-state index contributed by atoms with van der Waals surface area (Å²) in [5.41, 5.74) is 2.67. The first-order valence-electron chi connectivity index (χ1n) is 10.5. The predicted octanol–water partition coefficient (Wildman–Crippen LogP) is 3.76. The van der Waals surface area contributed by atoms with Crippen LogP contribution in [0.1, 0.15) is 15.9 Å². The van der Waals surface area contributed by atoms with E-state index in [0.29, 0.717) is 28.3 Å². The largest absolute Gasteiger partial charge is 0.497 e. The van der Waals surface area contributed by atoms with E-state index in [4.69, 9.17) is 14.6 Å². The van der Waals surface area contributed by atoms with Gasteiger partial charge in [0.1, 0.15) is 17.2 Å². The van der Waals surface area contributed by atoms with Gasteiger partial charge in [-0.3, -0.25) is 4.79 Å². The standard InChI is InChI=1S/C25H24N4O5S/c1-16-9-10-17(13-23(16)35(26,31)32)27-25(30)21-15-29(18-7-5-4-6-8-18)28-24(21)20-14-19(33-2)11-12-22(20)34-3/h4-15H,1-3H3,(H,27,30)(H2,26,31,32). The minimum absolute atomic E-state index is 0.0648. The number of amides is 1. The second-order valence-electron chi connectivity index (χ2n) is 7.72. The third kappa shape index (κ3) is 5.03. The van der Waals surface area contributed by atoms with E-state index in [1.165, 1.54) is 13.2 Å². The second-order valence-corrected chi connectivity index (χ2v) is 9.25. The van der Waals surface area contributed by atoms with Crippen molar-refractivity contribution in [2.24, 2.45) is 5.14 Å². The summed E-state index contributed by atoms with van der Waals surface area (Å²) in [5, 5.41) is 12.7. The number of rotatable bonds is 7. The number of anilines is 1. The Morgan fingerprint density at radius 3 is 2.40 bits per heavy atom. The van der Waals surface area contributed by atoms with Crippen LogP contribution in [0.3, 0.4) is 0 Å². The first-order valence-corrected chi connectivity index (χ1v) is 12.1. The molecule has 0 atom stereocenters. The van der Waals surface area contributed by atoms with Crippen LogP contribution in [0.15, 0.2) is 77.8 Å². The van der Waals surface area contributed by atoms with Gasteiger partial charge in [0.05, 0.1) is 30.4 Å². The SMILES string of the molecule is COc1ccc(OC)c(-c2nn(-c3ccccc3)cc2C(=O)Nc2ccc(C)c(S(N)(=O)=O)c2)c1. The fourth-order valence-corrected chi connectivity index (χ4v) is 4.44. The molecule has 35 heavy (non-hydrogen) atoms. The molecule has 3 N–H and O–H groups in total. The zero-order chi connectivity index (χ0) is 25.2. The maximum atomic E-state index is 13.4. The molecule has 1 amide bonds. The summed E-state index contributed by atoms with van der Waals surface area (Å²) >= 11 is 0.